The Kier molecular flexibility index (Phi) is 10.4. The SMILES string of the molecule is CCOC(=O)C1=C(c2ccccc2)N=c2s/c(=C\c3ccc(OCc4cccc5ccccc45)c(OCC)c3)c(=O)n2[C@@H]1c1ccc(OC)c(OC)c1. The molecule has 0 saturated heterocycles. The molecule has 0 unspecified atom stereocenters. The van der Waals surface area contributed by atoms with Gasteiger partial charge in [0.2, 0.25) is 0 Å². The summed E-state index contributed by atoms with van der Waals surface area (Å²) >= 11 is 1.24. The Bertz CT molecular complexity index is 2520. The van der Waals surface area contributed by atoms with Gasteiger partial charge in [-0.1, -0.05) is 96.3 Å². The summed E-state index contributed by atoms with van der Waals surface area (Å²) in [5.74, 6) is 1.57. The van der Waals surface area contributed by atoms with Gasteiger partial charge in [0.1, 0.15) is 6.61 Å². The van der Waals surface area contributed by atoms with Gasteiger partial charge in [0.25, 0.3) is 5.56 Å². The fourth-order valence-corrected chi connectivity index (χ4v) is 7.51. The van der Waals surface area contributed by atoms with Crippen LogP contribution < -0.4 is 33.8 Å². The summed E-state index contributed by atoms with van der Waals surface area (Å²) < 4.78 is 31.0. The molecule has 1 aliphatic heterocycles. The summed E-state index contributed by atoms with van der Waals surface area (Å²) in [4.78, 5) is 33.7. The zero-order chi connectivity index (χ0) is 36.9. The van der Waals surface area contributed by atoms with Crippen LogP contribution in [0, 0.1) is 0 Å². The van der Waals surface area contributed by atoms with Crippen LogP contribution in [0.3, 0.4) is 0 Å². The van der Waals surface area contributed by atoms with E-state index in [1.165, 1.54) is 11.3 Å². The van der Waals surface area contributed by atoms with E-state index >= 15 is 0 Å². The fourth-order valence-electron chi connectivity index (χ4n) is 6.51. The zero-order valence-corrected chi connectivity index (χ0v) is 30.6. The number of carbonyl (C=O) groups is 1. The maximum atomic E-state index is 14.5. The largest absolute Gasteiger partial charge is 0.493 e. The normalized spacial score (nSPS) is 14.0. The lowest BCUT2D eigenvalue weighted by atomic mass is 9.93. The van der Waals surface area contributed by atoms with Crippen molar-refractivity contribution in [2.24, 2.45) is 4.99 Å². The van der Waals surface area contributed by atoms with Gasteiger partial charge in [-0.15, -0.1) is 0 Å². The number of rotatable bonds is 12. The van der Waals surface area contributed by atoms with E-state index in [1.54, 1.807) is 37.8 Å². The van der Waals surface area contributed by atoms with E-state index in [1.807, 2.05) is 85.8 Å². The first-order valence-electron chi connectivity index (χ1n) is 17.3. The van der Waals surface area contributed by atoms with E-state index in [-0.39, 0.29) is 17.7 Å². The predicted octanol–water partition coefficient (Wildman–Crippen LogP) is 7.08. The summed E-state index contributed by atoms with van der Waals surface area (Å²) in [6, 6.07) is 33.9. The second-order valence-corrected chi connectivity index (χ2v) is 13.1. The number of fused-ring (bicyclic) bond motifs is 2. The smallest absolute Gasteiger partial charge is 0.338 e. The van der Waals surface area contributed by atoms with E-state index < -0.39 is 12.0 Å². The molecular formula is C43H38N2O7S. The number of benzene rings is 5. The van der Waals surface area contributed by atoms with Crippen molar-refractivity contribution in [1.82, 2.24) is 4.57 Å². The van der Waals surface area contributed by atoms with Crippen LogP contribution in [0.5, 0.6) is 23.0 Å². The van der Waals surface area contributed by atoms with Crippen LogP contribution in [-0.2, 0) is 16.1 Å². The number of ether oxygens (including phenoxy) is 5. The number of esters is 1. The van der Waals surface area contributed by atoms with Crippen LogP contribution in [0.25, 0.3) is 22.5 Å². The molecule has 0 amide bonds. The third-order valence-electron chi connectivity index (χ3n) is 8.93. The highest BCUT2D eigenvalue weighted by atomic mass is 32.1. The minimum absolute atomic E-state index is 0.150. The van der Waals surface area contributed by atoms with E-state index in [0.717, 1.165) is 27.5 Å². The third kappa shape index (κ3) is 7.05. The van der Waals surface area contributed by atoms with Crippen LogP contribution in [0.2, 0.25) is 0 Å². The maximum Gasteiger partial charge on any atom is 0.338 e. The van der Waals surface area contributed by atoms with Crippen LogP contribution in [-0.4, -0.2) is 38.0 Å². The molecule has 0 spiro atoms. The molecular weight excluding hydrogens is 689 g/mol. The number of aromatic nitrogens is 1. The molecule has 0 fully saturated rings. The second kappa shape index (κ2) is 15.6. The van der Waals surface area contributed by atoms with Crippen LogP contribution in [0.4, 0.5) is 0 Å². The minimum atomic E-state index is -0.869. The molecule has 1 aromatic heterocycles. The van der Waals surface area contributed by atoms with E-state index in [4.69, 9.17) is 28.7 Å². The first kappa shape index (κ1) is 35.3. The average Bonchev–Trinajstić information content (AvgIpc) is 3.50. The van der Waals surface area contributed by atoms with Crippen molar-refractivity contribution in [2.45, 2.75) is 26.5 Å². The van der Waals surface area contributed by atoms with Crippen molar-refractivity contribution in [2.75, 3.05) is 27.4 Å². The second-order valence-electron chi connectivity index (χ2n) is 12.1. The number of methoxy groups -OCH3 is 2. The van der Waals surface area contributed by atoms with E-state index in [0.29, 0.717) is 56.8 Å². The minimum Gasteiger partial charge on any atom is -0.493 e. The molecule has 6 aromatic rings. The van der Waals surface area contributed by atoms with Gasteiger partial charge >= 0.3 is 5.97 Å². The molecule has 10 heteroatoms. The summed E-state index contributed by atoms with van der Waals surface area (Å²) in [5.41, 5.74) is 3.53. The topological polar surface area (TPSA) is 97.6 Å². The summed E-state index contributed by atoms with van der Waals surface area (Å²) in [7, 11) is 3.10. The van der Waals surface area contributed by atoms with Gasteiger partial charge in [0.15, 0.2) is 27.8 Å². The van der Waals surface area contributed by atoms with Gasteiger partial charge in [0, 0.05) is 5.56 Å². The summed E-state index contributed by atoms with van der Waals surface area (Å²) in [5, 5.41) is 2.28. The molecule has 1 aliphatic rings. The Morgan fingerprint density at radius 2 is 1.55 bits per heavy atom. The van der Waals surface area contributed by atoms with Crippen molar-refractivity contribution < 1.29 is 28.5 Å². The summed E-state index contributed by atoms with van der Waals surface area (Å²) in [6.45, 7) is 4.61. The Labute approximate surface area is 310 Å². The van der Waals surface area contributed by atoms with E-state index in [2.05, 4.69) is 24.3 Å². The lowest BCUT2D eigenvalue weighted by Crippen LogP contribution is -2.40. The van der Waals surface area contributed by atoms with Crippen molar-refractivity contribution in [3.05, 3.63) is 157 Å². The van der Waals surface area contributed by atoms with Crippen LogP contribution >= 0.6 is 11.3 Å². The first-order valence-corrected chi connectivity index (χ1v) is 18.1. The first-order chi connectivity index (χ1) is 25.9. The molecule has 0 aliphatic carbocycles. The lowest BCUT2D eigenvalue weighted by molar-refractivity contribution is -0.138. The standard InChI is InChI=1S/C43H38N2O7S/c1-5-50-36-23-27(19-21-34(36)52-26-31-17-12-16-28-13-10-11-18-32(28)31)24-37-41(46)45-40(30-20-22-33(48-3)35(25-30)49-4)38(42(47)51-6-2)39(44-43(45)53-37)29-14-8-7-9-15-29/h7-25,40H,5-6,26H2,1-4H3/b37-24-/t40-/m1/s1. The number of hydrogen-bond donors (Lipinski definition) is 0. The van der Waals surface area contributed by atoms with Gasteiger partial charge in [-0.2, -0.15) is 0 Å². The van der Waals surface area contributed by atoms with Gasteiger partial charge in [-0.05, 0) is 71.7 Å². The Morgan fingerprint density at radius 3 is 2.32 bits per heavy atom. The number of carbonyl (C=O) groups excluding carboxylic acids is 1. The van der Waals surface area contributed by atoms with Crippen LogP contribution in [0.1, 0.15) is 42.1 Å². The molecule has 0 N–H and O–H groups in total. The third-order valence-corrected chi connectivity index (χ3v) is 9.91. The molecule has 53 heavy (non-hydrogen) atoms. The van der Waals surface area contributed by atoms with Crippen molar-refractivity contribution >= 4 is 39.9 Å². The zero-order valence-electron chi connectivity index (χ0n) is 29.8. The Morgan fingerprint density at radius 1 is 0.792 bits per heavy atom. The molecule has 0 saturated carbocycles. The van der Waals surface area contributed by atoms with Crippen molar-refractivity contribution in [3.8, 4) is 23.0 Å². The average molecular weight is 727 g/mol. The molecule has 7 rings (SSSR count). The Balaban J connectivity index is 1.34. The van der Waals surface area contributed by atoms with Crippen molar-refractivity contribution in [1.29, 1.82) is 0 Å². The predicted molar refractivity (Wildman–Crippen MR) is 206 cm³/mol. The quantitative estimate of drug-likeness (QED) is 0.124. The molecule has 9 nitrogen and oxygen atoms in total. The van der Waals surface area contributed by atoms with Gasteiger partial charge in [-0.3, -0.25) is 9.36 Å². The lowest BCUT2D eigenvalue weighted by Gasteiger charge is -2.26. The molecule has 1 atom stereocenters. The molecule has 268 valence electrons. The Hall–Kier alpha value is -6.13. The summed E-state index contributed by atoms with van der Waals surface area (Å²) in [6.07, 6.45) is 1.81. The number of hydrogen-bond acceptors (Lipinski definition) is 9. The maximum absolute atomic E-state index is 14.5. The molecule has 0 bridgehead atoms. The van der Waals surface area contributed by atoms with Gasteiger partial charge < -0.3 is 23.7 Å². The highest BCUT2D eigenvalue weighted by Gasteiger charge is 2.35. The number of thiazole rings is 1. The van der Waals surface area contributed by atoms with Gasteiger partial charge in [-0.25, -0.2) is 9.79 Å². The highest BCUT2D eigenvalue weighted by Crippen LogP contribution is 2.38. The molecule has 0 radical (unpaired) electrons. The molecule has 2 heterocycles. The highest BCUT2D eigenvalue weighted by molar-refractivity contribution is 7.07. The molecule has 5 aromatic carbocycles. The van der Waals surface area contributed by atoms with Crippen LogP contribution in [0.15, 0.2) is 125 Å². The fraction of sp³-hybridized carbons (Fsp3) is 0.186. The van der Waals surface area contributed by atoms with E-state index in [9.17, 15) is 9.59 Å². The van der Waals surface area contributed by atoms with Crippen molar-refractivity contribution in [3.63, 3.8) is 0 Å². The number of nitrogens with zero attached hydrogens (tertiary/aromatic N) is 2. The monoisotopic (exact) mass is 726 g/mol. The van der Waals surface area contributed by atoms with Gasteiger partial charge in [0.05, 0.1) is 49.3 Å².